The standard InChI is InChI=1S/C22H28N6O/c29-21-4-2-1-3-18(21)19-9-20-22(26-25-19)24-12-17-13-27(5-6-28(17)20)16-7-14-10-23-11-15(14)8-16/h1-4,9,14-17,23,29H,5-8,10-13H2,(H,24,26)/t14?,15?,16?,17-/m0/s1. The fraction of sp³-hybridized carbons (Fsp3) is 0.545. The van der Waals surface area contributed by atoms with E-state index in [1.807, 2.05) is 18.2 Å². The Labute approximate surface area is 171 Å². The van der Waals surface area contributed by atoms with E-state index in [2.05, 4.69) is 36.7 Å². The summed E-state index contributed by atoms with van der Waals surface area (Å²) in [4.78, 5) is 5.24. The van der Waals surface area contributed by atoms with Crippen LogP contribution < -0.4 is 15.5 Å². The number of para-hydroxylation sites is 1. The molecule has 2 saturated heterocycles. The number of nitrogens with zero attached hydrogens (tertiary/aromatic N) is 4. The molecule has 1 aromatic carbocycles. The van der Waals surface area contributed by atoms with Gasteiger partial charge in [0, 0.05) is 37.8 Å². The maximum Gasteiger partial charge on any atom is 0.172 e. The molecule has 0 amide bonds. The Morgan fingerprint density at radius 1 is 0.966 bits per heavy atom. The highest BCUT2D eigenvalue weighted by molar-refractivity contribution is 5.76. The summed E-state index contributed by atoms with van der Waals surface area (Å²) in [6.45, 7) is 6.59. The molecular formula is C22H28N6O. The highest BCUT2D eigenvalue weighted by Gasteiger charge is 2.42. The topological polar surface area (TPSA) is 76.5 Å². The predicted octanol–water partition coefficient (Wildman–Crippen LogP) is 1.76. The molecule has 3 aliphatic heterocycles. The van der Waals surface area contributed by atoms with Crippen molar-refractivity contribution in [3.8, 4) is 17.0 Å². The van der Waals surface area contributed by atoms with E-state index in [4.69, 9.17) is 0 Å². The predicted molar refractivity (Wildman–Crippen MR) is 113 cm³/mol. The van der Waals surface area contributed by atoms with Gasteiger partial charge in [0.05, 0.1) is 17.4 Å². The van der Waals surface area contributed by atoms with Gasteiger partial charge in [0.2, 0.25) is 0 Å². The summed E-state index contributed by atoms with van der Waals surface area (Å²) in [5.41, 5.74) is 2.57. The van der Waals surface area contributed by atoms with Gasteiger partial charge in [0.15, 0.2) is 5.82 Å². The van der Waals surface area contributed by atoms with Gasteiger partial charge in [-0.25, -0.2) is 0 Å². The second-order valence-electron chi connectivity index (χ2n) is 9.01. The van der Waals surface area contributed by atoms with Crippen molar-refractivity contribution in [2.45, 2.75) is 24.9 Å². The molecule has 0 radical (unpaired) electrons. The van der Waals surface area contributed by atoms with Gasteiger partial charge in [-0.1, -0.05) is 12.1 Å². The van der Waals surface area contributed by atoms with Gasteiger partial charge in [-0.05, 0) is 56.0 Å². The van der Waals surface area contributed by atoms with Gasteiger partial charge in [0.25, 0.3) is 0 Å². The lowest BCUT2D eigenvalue weighted by Crippen LogP contribution is -2.59. The van der Waals surface area contributed by atoms with Gasteiger partial charge in [-0.2, -0.15) is 0 Å². The Balaban J connectivity index is 1.23. The van der Waals surface area contributed by atoms with Crippen molar-refractivity contribution in [1.82, 2.24) is 20.4 Å². The molecule has 2 unspecified atom stereocenters. The van der Waals surface area contributed by atoms with Gasteiger partial charge in [-0.15, -0.1) is 10.2 Å². The first-order chi connectivity index (χ1) is 14.3. The quantitative estimate of drug-likeness (QED) is 0.719. The molecule has 7 nitrogen and oxygen atoms in total. The highest BCUT2D eigenvalue weighted by atomic mass is 16.3. The largest absolute Gasteiger partial charge is 0.507 e. The number of nitrogens with one attached hydrogen (secondary N) is 2. The fourth-order valence-electron chi connectivity index (χ4n) is 5.90. The molecule has 0 bridgehead atoms. The van der Waals surface area contributed by atoms with Crippen LogP contribution in [0.4, 0.5) is 11.5 Å². The second kappa shape index (κ2) is 6.85. The molecule has 152 valence electrons. The maximum atomic E-state index is 10.2. The fourth-order valence-corrected chi connectivity index (χ4v) is 5.90. The zero-order valence-electron chi connectivity index (χ0n) is 16.6. The van der Waals surface area contributed by atoms with E-state index in [9.17, 15) is 5.11 Å². The van der Waals surface area contributed by atoms with Gasteiger partial charge >= 0.3 is 0 Å². The first-order valence-corrected chi connectivity index (χ1v) is 10.9. The average molecular weight is 393 g/mol. The maximum absolute atomic E-state index is 10.2. The van der Waals surface area contributed by atoms with Gasteiger partial charge in [-0.3, -0.25) is 4.90 Å². The monoisotopic (exact) mass is 392 g/mol. The van der Waals surface area contributed by atoms with E-state index in [0.29, 0.717) is 6.04 Å². The van der Waals surface area contributed by atoms with Crippen molar-refractivity contribution in [2.24, 2.45) is 11.8 Å². The number of aromatic nitrogens is 2. The van der Waals surface area contributed by atoms with E-state index in [1.54, 1.807) is 6.07 Å². The number of rotatable bonds is 2. The SMILES string of the molecule is Oc1ccccc1-c1cc2c(nn1)NC[C@H]1CN(C3CC4CNCC4C3)CCN21. The number of phenols is 1. The van der Waals surface area contributed by atoms with Crippen LogP contribution in [-0.2, 0) is 0 Å². The summed E-state index contributed by atoms with van der Waals surface area (Å²) >= 11 is 0. The smallest absolute Gasteiger partial charge is 0.172 e. The molecule has 3 N–H and O–H groups in total. The van der Waals surface area contributed by atoms with Crippen LogP contribution in [0.15, 0.2) is 30.3 Å². The Kier molecular flexibility index (Phi) is 4.13. The first-order valence-electron chi connectivity index (χ1n) is 10.9. The Morgan fingerprint density at radius 2 is 1.79 bits per heavy atom. The number of phenolic OH excluding ortho intramolecular Hbond substituents is 1. The Bertz CT molecular complexity index is 908. The minimum absolute atomic E-state index is 0.244. The number of fused-ring (bicyclic) bond motifs is 4. The zero-order valence-corrected chi connectivity index (χ0v) is 16.6. The summed E-state index contributed by atoms with van der Waals surface area (Å²) < 4.78 is 0. The van der Waals surface area contributed by atoms with Crippen LogP contribution in [0.1, 0.15) is 12.8 Å². The minimum Gasteiger partial charge on any atom is -0.507 e. The van der Waals surface area contributed by atoms with Crippen LogP contribution in [0, 0.1) is 11.8 Å². The summed E-state index contributed by atoms with van der Waals surface area (Å²) in [7, 11) is 0. The molecule has 4 heterocycles. The van der Waals surface area contributed by atoms with Gasteiger partial charge < -0.3 is 20.6 Å². The summed E-state index contributed by atoms with van der Waals surface area (Å²) in [6, 6.07) is 10.6. The molecule has 29 heavy (non-hydrogen) atoms. The van der Waals surface area contributed by atoms with Crippen LogP contribution in [0.25, 0.3) is 11.3 Å². The van der Waals surface area contributed by atoms with Crippen molar-refractivity contribution < 1.29 is 5.11 Å². The van der Waals surface area contributed by atoms with Crippen molar-refractivity contribution in [1.29, 1.82) is 0 Å². The van der Waals surface area contributed by atoms with Crippen LogP contribution in [0.2, 0.25) is 0 Å². The third-order valence-corrected chi connectivity index (χ3v) is 7.43. The molecule has 7 heteroatoms. The first kappa shape index (κ1) is 17.5. The number of hydrogen-bond donors (Lipinski definition) is 3. The van der Waals surface area contributed by atoms with E-state index >= 15 is 0 Å². The summed E-state index contributed by atoms with van der Waals surface area (Å²) in [5, 5.41) is 26.1. The van der Waals surface area contributed by atoms with E-state index in [0.717, 1.165) is 66.8 Å². The molecule has 3 fully saturated rings. The molecule has 1 aliphatic carbocycles. The van der Waals surface area contributed by atoms with Gasteiger partial charge in [0.1, 0.15) is 5.75 Å². The molecule has 4 aliphatic rings. The molecule has 1 aromatic heterocycles. The lowest BCUT2D eigenvalue weighted by molar-refractivity contribution is 0.157. The third kappa shape index (κ3) is 2.95. The number of hydrogen-bond acceptors (Lipinski definition) is 7. The summed E-state index contributed by atoms with van der Waals surface area (Å²) in [6.07, 6.45) is 2.72. The lowest BCUT2D eigenvalue weighted by Gasteiger charge is -2.47. The molecular weight excluding hydrogens is 364 g/mol. The van der Waals surface area contributed by atoms with E-state index < -0.39 is 0 Å². The highest BCUT2D eigenvalue weighted by Crippen LogP contribution is 2.40. The Morgan fingerprint density at radius 3 is 2.62 bits per heavy atom. The zero-order chi connectivity index (χ0) is 19.4. The van der Waals surface area contributed by atoms with Crippen LogP contribution in [0.3, 0.4) is 0 Å². The molecule has 2 aromatic rings. The number of benzene rings is 1. The molecule has 1 saturated carbocycles. The van der Waals surface area contributed by atoms with Crippen LogP contribution in [0.5, 0.6) is 5.75 Å². The third-order valence-electron chi connectivity index (χ3n) is 7.43. The van der Waals surface area contributed by atoms with Crippen molar-refractivity contribution in [2.75, 3.05) is 49.5 Å². The Hall–Kier alpha value is -2.38. The molecule has 6 rings (SSSR count). The van der Waals surface area contributed by atoms with Crippen molar-refractivity contribution in [3.63, 3.8) is 0 Å². The number of piperazine rings is 1. The average Bonchev–Trinajstić information content (AvgIpc) is 3.36. The van der Waals surface area contributed by atoms with E-state index in [1.165, 1.54) is 25.9 Å². The molecule has 3 atom stereocenters. The number of anilines is 2. The summed E-state index contributed by atoms with van der Waals surface area (Å²) in [5.74, 6) is 2.88. The number of aromatic hydroxyl groups is 1. The van der Waals surface area contributed by atoms with Crippen molar-refractivity contribution in [3.05, 3.63) is 30.3 Å². The second-order valence-corrected chi connectivity index (χ2v) is 9.01. The molecule has 0 spiro atoms. The van der Waals surface area contributed by atoms with Crippen LogP contribution in [-0.4, -0.2) is 71.6 Å². The normalized spacial score (nSPS) is 31.1. The lowest BCUT2D eigenvalue weighted by atomic mass is 10.0. The van der Waals surface area contributed by atoms with E-state index in [-0.39, 0.29) is 5.75 Å². The minimum atomic E-state index is 0.244. The van der Waals surface area contributed by atoms with Crippen molar-refractivity contribution >= 4 is 11.5 Å². The van der Waals surface area contributed by atoms with Crippen LogP contribution >= 0.6 is 0 Å².